The van der Waals surface area contributed by atoms with Crippen LogP contribution in [0.15, 0.2) is 36.9 Å². The topological polar surface area (TPSA) is 59.0 Å². The van der Waals surface area contributed by atoms with Gasteiger partial charge in [-0.2, -0.15) is 0 Å². The molecule has 0 radical (unpaired) electrons. The summed E-state index contributed by atoms with van der Waals surface area (Å²) in [5.74, 6) is 0.765. The number of aliphatic hydroxyl groups excluding tert-OH is 1. The van der Waals surface area contributed by atoms with Crippen molar-refractivity contribution in [2.24, 2.45) is 0 Å². The molecule has 1 fully saturated rings. The van der Waals surface area contributed by atoms with Crippen LogP contribution in [0.3, 0.4) is 0 Å². The molecule has 2 rings (SSSR count). The summed E-state index contributed by atoms with van der Waals surface area (Å²) >= 11 is 0. The Morgan fingerprint density at radius 1 is 1.47 bits per heavy atom. The maximum Gasteiger partial charge on any atom is 0.410 e. The van der Waals surface area contributed by atoms with Crippen molar-refractivity contribution in [2.45, 2.75) is 12.6 Å². The van der Waals surface area contributed by atoms with Gasteiger partial charge in [0.1, 0.15) is 18.5 Å². The van der Waals surface area contributed by atoms with Crippen molar-refractivity contribution < 1.29 is 19.4 Å². The average Bonchev–Trinajstić information content (AvgIpc) is 2.79. The predicted molar refractivity (Wildman–Crippen MR) is 69.9 cm³/mol. The standard InChI is InChI=1S/C14H17NO4/c1-2-7-18-12-5-3-11(4-6-12)8-15-9-13(10-16)19-14(15)17/h2-6,13,16H,1,7-10H2. The van der Waals surface area contributed by atoms with Crippen molar-refractivity contribution in [1.82, 2.24) is 4.90 Å². The van der Waals surface area contributed by atoms with Crippen LogP contribution in [0.4, 0.5) is 4.79 Å². The maximum absolute atomic E-state index is 11.5. The summed E-state index contributed by atoms with van der Waals surface area (Å²) in [5.41, 5.74) is 0.987. The van der Waals surface area contributed by atoms with Crippen LogP contribution in [0.5, 0.6) is 5.75 Å². The van der Waals surface area contributed by atoms with Crippen LogP contribution >= 0.6 is 0 Å². The maximum atomic E-state index is 11.5. The zero-order chi connectivity index (χ0) is 13.7. The van der Waals surface area contributed by atoms with Gasteiger partial charge in [0, 0.05) is 6.54 Å². The van der Waals surface area contributed by atoms with Crippen LogP contribution in [0, 0.1) is 0 Å². The Morgan fingerprint density at radius 2 is 2.21 bits per heavy atom. The predicted octanol–water partition coefficient (Wildman–Crippen LogP) is 1.56. The Kier molecular flexibility index (Phi) is 4.41. The smallest absolute Gasteiger partial charge is 0.410 e. The van der Waals surface area contributed by atoms with Gasteiger partial charge in [0.05, 0.1) is 13.2 Å². The molecule has 1 heterocycles. The summed E-state index contributed by atoms with van der Waals surface area (Å²) in [6.45, 7) is 4.80. The Morgan fingerprint density at radius 3 is 2.79 bits per heavy atom. The van der Waals surface area contributed by atoms with Crippen molar-refractivity contribution in [3.8, 4) is 5.75 Å². The molecule has 1 saturated heterocycles. The summed E-state index contributed by atoms with van der Waals surface area (Å²) in [4.78, 5) is 13.1. The molecule has 1 unspecified atom stereocenters. The van der Waals surface area contributed by atoms with E-state index in [1.165, 1.54) is 0 Å². The fourth-order valence-electron chi connectivity index (χ4n) is 1.87. The van der Waals surface area contributed by atoms with Crippen LogP contribution in [-0.4, -0.2) is 42.0 Å². The molecule has 1 amide bonds. The van der Waals surface area contributed by atoms with Crippen LogP contribution in [0.2, 0.25) is 0 Å². The molecule has 102 valence electrons. The third kappa shape index (κ3) is 3.48. The van der Waals surface area contributed by atoms with Crippen LogP contribution in [0.1, 0.15) is 5.56 Å². The number of amides is 1. The molecule has 0 aromatic heterocycles. The summed E-state index contributed by atoms with van der Waals surface area (Å²) < 4.78 is 10.4. The molecule has 1 aromatic carbocycles. The fourth-order valence-corrected chi connectivity index (χ4v) is 1.87. The minimum absolute atomic E-state index is 0.142. The molecule has 0 bridgehead atoms. The van der Waals surface area contributed by atoms with E-state index >= 15 is 0 Å². The molecule has 5 heteroatoms. The lowest BCUT2D eigenvalue weighted by molar-refractivity contribution is 0.0947. The highest BCUT2D eigenvalue weighted by Gasteiger charge is 2.30. The van der Waals surface area contributed by atoms with E-state index in [0.29, 0.717) is 19.7 Å². The van der Waals surface area contributed by atoms with E-state index < -0.39 is 6.10 Å². The number of benzene rings is 1. The normalized spacial score (nSPS) is 18.3. The largest absolute Gasteiger partial charge is 0.490 e. The quantitative estimate of drug-likeness (QED) is 0.791. The van der Waals surface area contributed by atoms with Gasteiger partial charge in [-0.15, -0.1) is 0 Å². The van der Waals surface area contributed by atoms with Crippen LogP contribution in [-0.2, 0) is 11.3 Å². The van der Waals surface area contributed by atoms with Crippen LogP contribution < -0.4 is 4.74 Å². The molecule has 1 aliphatic heterocycles. The molecule has 1 atom stereocenters. The molecule has 0 saturated carbocycles. The van der Waals surface area contributed by atoms with E-state index in [1.54, 1.807) is 11.0 Å². The summed E-state index contributed by atoms with van der Waals surface area (Å²) in [7, 11) is 0. The number of nitrogens with zero attached hydrogens (tertiary/aromatic N) is 1. The number of rotatable bonds is 6. The van der Waals surface area contributed by atoms with E-state index in [9.17, 15) is 4.79 Å². The fraction of sp³-hybridized carbons (Fsp3) is 0.357. The van der Waals surface area contributed by atoms with Gasteiger partial charge >= 0.3 is 6.09 Å². The third-order valence-corrected chi connectivity index (χ3v) is 2.82. The SMILES string of the molecule is C=CCOc1ccc(CN2CC(CO)OC2=O)cc1. The highest BCUT2D eigenvalue weighted by molar-refractivity contribution is 5.69. The monoisotopic (exact) mass is 263 g/mol. The Hall–Kier alpha value is -2.01. The number of aliphatic hydroxyl groups is 1. The lowest BCUT2D eigenvalue weighted by Gasteiger charge is -2.13. The van der Waals surface area contributed by atoms with Gasteiger partial charge in [-0.3, -0.25) is 0 Å². The molecule has 19 heavy (non-hydrogen) atoms. The van der Waals surface area contributed by atoms with Gasteiger partial charge in [0.15, 0.2) is 0 Å². The minimum Gasteiger partial charge on any atom is -0.490 e. The lowest BCUT2D eigenvalue weighted by Crippen LogP contribution is -2.25. The lowest BCUT2D eigenvalue weighted by atomic mass is 10.2. The average molecular weight is 263 g/mol. The number of hydrogen-bond acceptors (Lipinski definition) is 4. The van der Waals surface area contributed by atoms with Crippen molar-refractivity contribution in [2.75, 3.05) is 19.8 Å². The summed E-state index contributed by atoms with van der Waals surface area (Å²) in [6, 6.07) is 7.50. The number of carbonyl (C=O) groups excluding carboxylic acids is 1. The zero-order valence-corrected chi connectivity index (χ0v) is 10.6. The number of cyclic esters (lactones) is 1. The van der Waals surface area contributed by atoms with Gasteiger partial charge in [-0.1, -0.05) is 24.8 Å². The van der Waals surface area contributed by atoms with Crippen molar-refractivity contribution in [3.63, 3.8) is 0 Å². The first-order chi connectivity index (χ1) is 9.22. The Balaban J connectivity index is 1.92. The first-order valence-corrected chi connectivity index (χ1v) is 6.12. The van der Waals surface area contributed by atoms with Crippen molar-refractivity contribution in [1.29, 1.82) is 0 Å². The summed E-state index contributed by atoms with van der Waals surface area (Å²) in [6.07, 6.45) is 0.886. The number of carbonyl (C=O) groups is 1. The van der Waals surface area contributed by atoms with Gasteiger partial charge in [-0.05, 0) is 17.7 Å². The first-order valence-electron chi connectivity index (χ1n) is 6.12. The van der Waals surface area contributed by atoms with Gasteiger partial charge in [0.25, 0.3) is 0 Å². The van der Waals surface area contributed by atoms with E-state index in [-0.39, 0.29) is 12.7 Å². The molecule has 0 aliphatic carbocycles. The van der Waals surface area contributed by atoms with E-state index in [2.05, 4.69) is 6.58 Å². The highest BCUT2D eigenvalue weighted by Crippen LogP contribution is 2.17. The summed E-state index contributed by atoms with van der Waals surface area (Å²) in [5, 5.41) is 8.96. The first kappa shape index (κ1) is 13.4. The second-order valence-electron chi connectivity index (χ2n) is 4.31. The second-order valence-corrected chi connectivity index (χ2v) is 4.31. The molecule has 0 spiro atoms. The second kappa shape index (κ2) is 6.24. The molecular weight excluding hydrogens is 246 g/mol. The van der Waals surface area contributed by atoms with Gasteiger partial charge in [-0.25, -0.2) is 4.79 Å². The van der Waals surface area contributed by atoms with Crippen molar-refractivity contribution in [3.05, 3.63) is 42.5 Å². The Bertz CT molecular complexity index is 443. The van der Waals surface area contributed by atoms with Crippen molar-refractivity contribution >= 4 is 6.09 Å². The number of ether oxygens (including phenoxy) is 2. The van der Waals surface area contributed by atoms with E-state index in [4.69, 9.17) is 14.6 Å². The molecule has 1 aromatic rings. The van der Waals surface area contributed by atoms with Gasteiger partial charge in [0.2, 0.25) is 0 Å². The molecular formula is C14H17NO4. The zero-order valence-electron chi connectivity index (χ0n) is 10.6. The third-order valence-electron chi connectivity index (χ3n) is 2.82. The highest BCUT2D eigenvalue weighted by atomic mass is 16.6. The minimum atomic E-state index is -0.414. The molecule has 5 nitrogen and oxygen atoms in total. The molecule has 1 aliphatic rings. The van der Waals surface area contributed by atoms with Gasteiger partial charge < -0.3 is 19.5 Å². The Labute approximate surface area is 112 Å². The van der Waals surface area contributed by atoms with E-state index in [1.807, 2.05) is 24.3 Å². The molecule has 1 N–H and O–H groups in total. The number of hydrogen-bond donors (Lipinski definition) is 1. The van der Waals surface area contributed by atoms with Crippen LogP contribution in [0.25, 0.3) is 0 Å². The van der Waals surface area contributed by atoms with E-state index in [0.717, 1.165) is 11.3 Å².